The maximum absolute atomic E-state index is 11.5. The van der Waals surface area contributed by atoms with Crippen molar-refractivity contribution in [3.05, 3.63) is 17.6 Å². The summed E-state index contributed by atoms with van der Waals surface area (Å²) in [6.07, 6.45) is 0. The van der Waals surface area contributed by atoms with Crippen molar-refractivity contribution in [2.75, 3.05) is 18.6 Å². The maximum atomic E-state index is 11.5. The van der Waals surface area contributed by atoms with Gasteiger partial charge in [-0.05, 0) is 20.8 Å². The number of ether oxygens (including phenoxy) is 1. The highest BCUT2D eigenvalue weighted by Gasteiger charge is 2.19. The fourth-order valence-corrected chi connectivity index (χ4v) is 1.56. The van der Waals surface area contributed by atoms with Crippen LogP contribution in [0.3, 0.4) is 0 Å². The number of nitrogens with zero attached hydrogens (tertiary/aromatic N) is 3. The fraction of sp³-hybridized carbons (Fsp3) is 0.500. The summed E-state index contributed by atoms with van der Waals surface area (Å²) in [6, 6.07) is 1.56. The van der Waals surface area contributed by atoms with Crippen LogP contribution in [0, 0.1) is 6.92 Å². The molecule has 0 saturated heterocycles. The number of esters is 1. The highest BCUT2D eigenvalue weighted by atomic mass is 16.5. The monoisotopic (exact) mass is 267 g/mol. The lowest BCUT2D eigenvalue weighted by atomic mass is 10.3. The molecule has 0 bridgehead atoms. The van der Waals surface area contributed by atoms with Crippen molar-refractivity contribution >= 4 is 17.8 Å². The van der Waals surface area contributed by atoms with Crippen LogP contribution >= 0.6 is 0 Å². The Hall–Kier alpha value is -2.18. The van der Waals surface area contributed by atoms with E-state index in [1.54, 1.807) is 17.9 Å². The molecule has 0 amide bonds. The van der Waals surface area contributed by atoms with E-state index in [-0.39, 0.29) is 18.4 Å². The Balaban J connectivity index is 3.19. The maximum Gasteiger partial charge on any atom is 0.376 e. The smallest absolute Gasteiger partial charge is 0.376 e. The van der Waals surface area contributed by atoms with Crippen LogP contribution in [0.1, 0.15) is 30.2 Å². The lowest BCUT2D eigenvalue weighted by Crippen LogP contribution is -2.36. The van der Waals surface area contributed by atoms with E-state index in [0.717, 1.165) is 0 Å². The topological polar surface area (TPSA) is 92.6 Å². The van der Waals surface area contributed by atoms with E-state index in [1.165, 1.54) is 7.11 Å². The van der Waals surface area contributed by atoms with E-state index >= 15 is 0 Å². The summed E-state index contributed by atoms with van der Waals surface area (Å²) in [5.41, 5.74) is 0.571. The van der Waals surface area contributed by atoms with Gasteiger partial charge < -0.3 is 14.7 Å². The van der Waals surface area contributed by atoms with Crippen molar-refractivity contribution in [3.8, 4) is 0 Å². The minimum Gasteiger partial charge on any atom is -0.480 e. The Morgan fingerprint density at radius 3 is 2.53 bits per heavy atom. The van der Waals surface area contributed by atoms with E-state index in [2.05, 4.69) is 14.7 Å². The summed E-state index contributed by atoms with van der Waals surface area (Å²) >= 11 is 0. The Morgan fingerprint density at radius 2 is 2.05 bits per heavy atom. The molecule has 104 valence electrons. The standard InChI is InChI=1S/C12H17N3O4/c1-7(2)15(6-10(16)17)9-5-8(3)13-11(14-9)12(18)19-4/h5,7H,6H2,1-4H3,(H,16,17). The molecule has 19 heavy (non-hydrogen) atoms. The molecule has 1 heterocycles. The van der Waals surface area contributed by atoms with Crippen molar-refractivity contribution < 1.29 is 19.4 Å². The van der Waals surface area contributed by atoms with Crippen LogP contribution in [-0.2, 0) is 9.53 Å². The first-order valence-electron chi connectivity index (χ1n) is 5.77. The summed E-state index contributed by atoms with van der Waals surface area (Å²) in [7, 11) is 1.24. The zero-order chi connectivity index (χ0) is 14.6. The molecule has 0 radical (unpaired) electrons. The van der Waals surface area contributed by atoms with Crippen molar-refractivity contribution in [2.45, 2.75) is 26.8 Å². The number of anilines is 1. The molecule has 0 aliphatic heterocycles. The molecular weight excluding hydrogens is 250 g/mol. The Morgan fingerprint density at radius 1 is 1.42 bits per heavy atom. The van der Waals surface area contributed by atoms with Gasteiger partial charge in [0.25, 0.3) is 0 Å². The minimum atomic E-state index is -0.968. The van der Waals surface area contributed by atoms with Gasteiger partial charge in [0, 0.05) is 17.8 Å². The average Bonchev–Trinajstić information content (AvgIpc) is 2.33. The lowest BCUT2D eigenvalue weighted by Gasteiger charge is -2.26. The van der Waals surface area contributed by atoms with E-state index in [4.69, 9.17) is 5.11 Å². The van der Waals surface area contributed by atoms with Crippen LogP contribution in [0.4, 0.5) is 5.82 Å². The number of carboxylic acids is 1. The number of carbonyl (C=O) groups is 2. The van der Waals surface area contributed by atoms with Crippen molar-refractivity contribution in [1.29, 1.82) is 0 Å². The highest BCUT2D eigenvalue weighted by Crippen LogP contribution is 2.15. The number of aryl methyl sites for hydroxylation is 1. The molecule has 0 unspecified atom stereocenters. The van der Waals surface area contributed by atoms with E-state index in [1.807, 2.05) is 13.8 Å². The zero-order valence-corrected chi connectivity index (χ0v) is 11.4. The van der Waals surface area contributed by atoms with Gasteiger partial charge in [0.2, 0.25) is 5.82 Å². The van der Waals surface area contributed by atoms with Crippen LogP contribution in [0.15, 0.2) is 6.07 Å². The normalized spacial score (nSPS) is 10.4. The highest BCUT2D eigenvalue weighted by molar-refractivity contribution is 5.85. The quantitative estimate of drug-likeness (QED) is 0.791. The molecule has 0 fully saturated rings. The molecular formula is C12H17N3O4. The fourth-order valence-electron chi connectivity index (χ4n) is 1.56. The summed E-state index contributed by atoms with van der Waals surface area (Å²) in [6.45, 7) is 5.20. The largest absolute Gasteiger partial charge is 0.480 e. The van der Waals surface area contributed by atoms with Crippen molar-refractivity contribution in [1.82, 2.24) is 9.97 Å². The molecule has 0 saturated carbocycles. The van der Waals surface area contributed by atoms with Gasteiger partial charge in [-0.1, -0.05) is 0 Å². The predicted octanol–water partition coefficient (Wildman–Crippen LogP) is 0.871. The van der Waals surface area contributed by atoms with E-state index < -0.39 is 11.9 Å². The number of rotatable bonds is 5. The molecule has 1 rings (SSSR count). The molecule has 0 spiro atoms. The SMILES string of the molecule is COC(=O)c1nc(C)cc(N(CC(=O)O)C(C)C)n1. The van der Waals surface area contributed by atoms with Gasteiger partial charge >= 0.3 is 11.9 Å². The third-order valence-electron chi connectivity index (χ3n) is 2.43. The number of carboxylic acid groups (broad SMARTS) is 1. The molecule has 7 nitrogen and oxygen atoms in total. The van der Waals surface area contributed by atoms with Gasteiger partial charge in [0.15, 0.2) is 0 Å². The number of aromatic nitrogens is 2. The second-order valence-electron chi connectivity index (χ2n) is 4.30. The average molecular weight is 267 g/mol. The molecule has 0 aliphatic rings. The summed E-state index contributed by atoms with van der Waals surface area (Å²) in [4.78, 5) is 31.9. The minimum absolute atomic E-state index is 0.0732. The number of carbonyl (C=O) groups excluding carboxylic acids is 1. The molecule has 1 N–H and O–H groups in total. The third kappa shape index (κ3) is 3.90. The molecule has 1 aromatic rings. The molecule has 7 heteroatoms. The van der Waals surface area contributed by atoms with Gasteiger partial charge in [-0.3, -0.25) is 4.79 Å². The Bertz CT molecular complexity index is 488. The Kier molecular flexibility index (Phi) is 4.80. The molecule has 0 atom stereocenters. The van der Waals surface area contributed by atoms with Crippen LogP contribution in [0.2, 0.25) is 0 Å². The third-order valence-corrected chi connectivity index (χ3v) is 2.43. The van der Waals surface area contributed by atoms with E-state index in [0.29, 0.717) is 11.5 Å². The number of methoxy groups -OCH3 is 1. The van der Waals surface area contributed by atoms with Crippen LogP contribution in [-0.4, -0.2) is 46.7 Å². The van der Waals surface area contributed by atoms with Crippen molar-refractivity contribution in [2.24, 2.45) is 0 Å². The first kappa shape index (κ1) is 14.9. The summed E-state index contributed by atoms with van der Waals surface area (Å²) in [5.74, 6) is -1.30. The second kappa shape index (κ2) is 6.12. The van der Waals surface area contributed by atoms with Gasteiger partial charge in [-0.15, -0.1) is 0 Å². The molecule has 0 aromatic carbocycles. The zero-order valence-electron chi connectivity index (χ0n) is 11.4. The molecule has 0 aliphatic carbocycles. The first-order valence-corrected chi connectivity index (χ1v) is 5.77. The molecule has 1 aromatic heterocycles. The predicted molar refractivity (Wildman–Crippen MR) is 68.2 cm³/mol. The lowest BCUT2D eigenvalue weighted by molar-refractivity contribution is -0.135. The van der Waals surface area contributed by atoms with Gasteiger partial charge in [0.05, 0.1) is 7.11 Å². The summed E-state index contributed by atoms with van der Waals surface area (Å²) in [5, 5.41) is 8.91. The van der Waals surface area contributed by atoms with Crippen LogP contribution in [0.25, 0.3) is 0 Å². The number of aliphatic carboxylic acids is 1. The number of hydrogen-bond donors (Lipinski definition) is 1. The van der Waals surface area contributed by atoms with E-state index in [9.17, 15) is 9.59 Å². The second-order valence-corrected chi connectivity index (χ2v) is 4.30. The van der Waals surface area contributed by atoms with Gasteiger partial charge in [-0.25, -0.2) is 14.8 Å². The number of hydrogen-bond acceptors (Lipinski definition) is 6. The Labute approximate surface area is 111 Å². The van der Waals surface area contributed by atoms with Gasteiger partial charge in [0.1, 0.15) is 12.4 Å². The van der Waals surface area contributed by atoms with Gasteiger partial charge in [-0.2, -0.15) is 0 Å². The van der Waals surface area contributed by atoms with Crippen LogP contribution < -0.4 is 4.90 Å². The first-order chi connectivity index (χ1) is 8.85. The van der Waals surface area contributed by atoms with Crippen LogP contribution in [0.5, 0.6) is 0 Å². The van der Waals surface area contributed by atoms with Crippen molar-refractivity contribution in [3.63, 3.8) is 0 Å². The summed E-state index contributed by atoms with van der Waals surface area (Å²) < 4.78 is 4.57.